The molecule has 1 aromatic carbocycles. The minimum Gasteiger partial charge on any atom is -0.372 e. The van der Waals surface area contributed by atoms with Crippen LogP contribution in [-0.2, 0) is 9.59 Å². The molecule has 2 aliphatic rings. The van der Waals surface area contributed by atoms with Gasteiger partial charge in [0.25, 0.3) is 0 Å². The summed E-state index contributed by atoms with van der Waals surface area (Å²) in [6.07, 6.45) is 12.7. The topological polar surface area (TPSA) is 62.3 Å². The van der Waals surface area contributed by atoms with Gasteiger partial charge >= 0.3 is 0 Å². The zero-order valence-corrected chi connectivity index (χ0v) is 20.0. The monoisotopic (exact) mass is 481 g/mol. The maximum atomic E-state index is 14.0. The van der Waals surface area contributed by atoms with Gasteiger partial charge < -0.3 is 5.32 Å². The number of nitrogens with zero attached hydrogens (tertiary/aromatic N) is 2. The molecule has 5 nitrogen and oxygen atoms in total. The van der Waals surface area contributed by atoms with Crippen LogP contribution in [0.2, 0.25) is 0 Å². The van der Waals surface area contributed by atoms with Gasteiger partial charge in [0.2, 0.25) is 11.0 Å². The average molecular weight is 482 g/mol. The van der Waals surface area contributed by atoms with Crippen LogP contribution in [0.4, 0.5) is 5.82 Å². The van der Waals surface area contributed by atoms with E-state index in [0.29, 0.717) is 11.4 Å². The Morgan fingerprint density at radius 1 is 1.09 bits per heavy atom. The van der Waals surface area contributed by atoms with Crippen molar-refractivity contribution in [2.24, 2.45) is 0 Å². The Balaban J connectivity index is 1.64. The SMILES string of the molecule is O=C(SC1CCCCC1)C(C(=O)N(CC1=CNC(Cl)C=C1)c1ccccn1)c1ccccc1. The van der Waals surface area contributed by atoms with Crippen LogP contribution in [0.1, 0.15) is 43.6 Å². The van der Waals surface area contributed by atoms with E-state index >= 15 is 0 Å². The Kier molecular flexibility index (Phi) is 8.24. The van der Waals surface area contributed by atoms with Crippen molar-refractivity contribution in [1.82, 2.24) is 10.3 Å². The largest absolute Gasteiger partial charge is 0.372 e. The lowest BCUT2D eigenvalue weighted by Gasteiger charge is -2.28. The number of alkyl halides is 1. The van der Waals surface area contributed by atoms with Crippen molar-refractivity contribution >= 4 is 40.2 Å². The number of dihydropyridines is 1. The van der Waals surface area contributed by atoms with Crippen molar-refractivity contribution in [3.8, 4) is 0 Å². The fourth-order valence-corrected chi connectivity index (χ4v) is 5.57. The van der Waals surface area contributed by atoms with Gasteiger partial charge in [0.15, 0.2) is 0 Å². The molecule has 2 unspecified atom stereocenters. The number of rotatable bonds is 7. The Hall–Kier alpha value is -2.57. The van der Waals surface area contributed by atoms with Gasteiger partial charge in [-0.05, 0) is 42.2 Å². The van der Waals surface area contributed by atoms with Crippen molar-refractivity contribution in [3.63, 3.8) is 0 Å². The molecule has 172 valence electrons. The number of halogens is 1. The summed E-state index contributed by atoms with van der Waals surface area (Å²) in [5.41, 5.74) is 1.31. The lowest BCUT2D eigenvalue weighted by molar-refractivity contribution is -0.125. The minimum atomic E-state index is -0.887. The third-order valence-electron chi connectivity index (χ3n) is 5.89. The Morgan fingerprint density at radius 3 is 2.52 bits per heavy atom. The predicted octanol–water partition coefficient (Wildman–Crippen LogP) is 5.40. The zero-order chi connectivity index (χ0) is 23.0. The fraction of sp³-hybridized carbons (Fsp3) is 0.346. The third-order valence-corrected chi connectivity index (χ3v) is 7.43. The molecule has 0 saturated heterocycles. The molecule has 1 amide bonds. The lowest BCUT2D eigenvalue weighted by atomic mass is 9.98. The van der Waals surface area contributed by atoms with Crippen LogP contribution < -0.4 is 10.2 Å². The van der Waals surface area contributed by atoms with Gasteiger partial charge in [-0.1, -0.05) is 85.1 Å². The first kappa shape index (κ1) is 23.6. The van der Waals surface area contributed by atoms with Crippen LogP contribution in [0.5, 0.6) is 0 Å². The van der Waals surface area contributed by atoms with Crippen molar-refractivity contribution in [2.45, 2.75) is 48.8 Å². The van der Waals surface area contributed by atoms with Crippen molar-refractivity contribution in [3.05, 3.63) is 84.2 Å². The summed E-state index contributed by atoms with van der Waals surface area (Å²) in [6, 6.07) is 14.8. The molecular formula is C26H28ClN3O2S. The maximum Gasteiger partial charge on any atom is 0.244 e. The molecule has 2 aromatic rings. The van der Waals surface area contributed by atoms with Gasteiger partial charge in [-0.25, -0.2) is 4.98 Å². The molecule has 33 heavy (non-hydrogen) atoms. The van der Waals surface area contributed by atoms with Gasteiger partial charge in [-0.15, -0.1) is 0 Å². The fourth-order valence-electron chi connectivity index (χ4n) is 4.16. The Morgan fingerprint density at radius 2 is 1.85 bits per heavy atom. The number of anilines is 1. The molecule has 1 N–H and O–H groups in total. The van der Waals surface area contributed by atoms with E-state index in [1.807, 2.05) is 54.6 Å². The molecule has 7 heteroatoms. The van der Waals surface area contributed by atoms with Crippen molar-refractivity contribution in [2.75, 3.05) is 11.4 Å². The van der Waals surface area contributed by atoms with E-state index in [4.69, 9.17) is 11.6 Å². The molecule has 0 radical (unpaired) electrons. The number of benzene rings is 1. The smallest absolute Gasteiger partial charge is 0.244 e. The first-order chi connectivity index (χ1) is 16.1. The molecule has 4 rings (SSSR count). The second-order valence-corrected chi connectivity index (χ2v) is 10.1. The van der Waals surface area contributed by atoms with E-state index < -0.39 is 5.92 Å². The molecule has 0 spiro atoms. The van der Waals surface area contributed by atoms with E-state index in [1.165, 1.54) is 18.2 Å². The Bertz CT molecular complexity index is 1010. The number of nitrogens with one attached hydrogen (secondary N) is 1. The molecule has 1 aliphatic carbocycles. The van der Waals surface area contributed by atoms with E-state index in [2.05, 4.69) is 10.3 Å². The Labute approximate surface area is 204 Å². The van der Waals surface area contributed by atoms with E-state index in [1.54, 1.807) is 23.4 Å². The molecule has 0 bridgehead atoms. The second-order valence-electron chi connectivity index (χ2n) is 8.30. The quantitative estimate of drug-likeness (QED) is 0.326. The minimum absolute atomic E-state index is 0.0915. The first-order valence-corrected chi connectivity index (χ1v) is 12.7. The van der Waals surface area contributed by atoms with Crippen molar-refractivity contribution in [1.29, 1.82) is 0 Å². The highest BCUT2D eigenvalue weighted by Crippen LogP contribution is 2.34. The standard InChI is InChI=1S/C26H28ClN3O2S/c27-22-15-14-19(17-29-22)18-30(23-13-7-8-16-28-23)25(31)24(20-9-3-1-4-10-20)26(32)33-21-11-5-2-6-12-21/h1,3-4,7-10,13-17,21-22,24,29H,2,5-6,11-12,18H2. The van der Waals surface area contributed by atoms with Gasteiger partial charge in [0, 0.05) is 17.6 Å². The van der Waals surface area contributed by atoms with Gasteiger partial charge in [-0.2, -0.15) is 0 Å². The number of hydrogen-bond acceptors (Lipinski definition) is 5. The highest BCUT2D eigenvalue weighted by molar-refractivity contribution is 8.14. The number of pyridine rings is 1. The van der Waals surface area contributed by atoms with E-state index in [0.717, 1.165) is 31.3 Å². The molecule has 1 fully saturated rings. The number of aromatic nitrogens is 1. The number of hydrogen-bond donors (Lipinski definition) is 1. The van der Waals surface area contributed by atoms with Crippen LogP contribution in [0.25, 0.3) is 0 Å². The summed E-state index contributed by atoms with van der Waals surface area (Å²) in [5, 5.41) is 3.24. The van der Waals surface area contributed by atoms with E-state index in [9.17, 15) is 9.59 Å². The summed E-state index contributed by atoms with van der Waals surface area (Å²) < 4.78 is 0. The van der Waals surface area contributed by atoms with Crippen LogP contribution in [-0.4, -0.2) is 33.3 Å². The number of thioether (sulfide) groups is 1. The maximum absolute atomic E-state index is 14.0. The molecule has 1 saturated carbocycles. The van der Waals surface area contributed by atoms with Crippen LogP contribution >= 0.6 is 23.4 Å². The van der Waals surface area contributed by atoms with Crippen LogP contribution in [0.15, 0.2) is 78.7 Å². The normalized spacial score (nSPS) is 19.3. The van der Waals surface area contributed by atoms with Gasteiger partial charge in [0.1, 0.15) is 17.2 Å². The summed E-state index contributed by atoms with van der Waals surface area (Å²) in [7, 11) is 0. The summed E-state index contributed by atoms with van der Waals surface area (Å²) in [6.45, 7) is 0.285. The molecule has 1 aromatic heterocycles. The van der Waals surface area contributed by atoms with E-state index in [-0.39, 0.29) is 28.3 Å². The van der Waals surface area contributed by atoms with Crippen LogP contribution in [0.3, 0.4) is 0 Å². The van der Waals surface area contributed by atoms with Crippen molar-refractivity contribution < 1.29 is 9.59 Å². The number of amides is 1. The summed E-state index contributed by atoms with van der Waals surface area (Å²) in [5.74, 6) is -0.640. The third kappa shape index (κ3) is 6.27. The number of carbonyl (C=O) groups is 2. The highest BCUT2D eigenvalue weighted by Gasteiger charge is 2.35. The molecule has 1 aliphatic heterocycles. The zero-order valence-electron chi connectivity index (χ0n) is 18.4. The van der Waals surface area contributed by atoms with Gasteiger partial charge in [0.05, 0.1) is 6.54 Å². The summed E-state index contributed by atoms with van der Waals surface area (Å²) in [4.78, 5) is 33.6. The number of carbonyl (C=O) groups excluding carboxylic acids is 2. The summed E-state index contributed by atoms with van der Waals surface area (Å²) >= 11 is 7.43. The average Bonchev–Trinajstić information content (AvgIpc) is 2.85. The lowest BCUT2D eigenvalue weighted by Crippen LogP contribution is -2.40. The van der Waals surface area contributed by atoms with Crippen LogP contribution in [0, 0.1) is 0 Å². The first-order valence-electron chi connectivity index (χ1n) is 11.4. The molecule has 2 atom stereocenters. The molecular weight excluding hydrogens is 454 g/mol. The highest BCUT2D eigenvalue weighted by atomic mass is 35.5. The molecule has 2 heterocycles. The predicted molar refractivity (Wildman–Crippen MR) is 135 cm³/mol. The van der Waals surface area contributed by atoms with Gasteiger partial charge in [-0.3, -0.25) is 14.5 Å². The second kappa shape index (κ2) is 11.5.